The van der Waals surface area contributed by atoms with Crippen LogP contribution in [0.25, 0.3) is 11.1 Å². The predicted octanol–water partition coefficient (Wildman–Crippen LogP) is 4.07. The summed E-state index contributed by atoms with van der Waals surface area (Å²) in [5.74, 6) is -0.446. The van der Waals surface area contributed by atoms with E-state index in [1.807, 2.05) is 36.4 Å². The monoisotopic (exact) mass is 421 g/mol. The fourth-order valence-corrected chi connectivity index (χ4v) is 4.02. The second-order valence-electron chi connectivity index (χ2n) is 7.73. The molecule has 6 heteroatoms. The van der Waals surface area contributed by atoms with E-state index in [1.165, 1.54) is 18.2 Å². The maximum Gasteiger partial charge on any atom is 0.407 e. The molecule has 0 saturated heterocycles. The fourth-order valence-electron chi connectivity index (χ4n) is 4.02. The number of carbonyl (C=O) groups is 1. The lowest BCUT2D eigenvalue weighted by Crippen LogP contribution is -2.36. The first kappa shape index (κ1) is 21.0. The highest BCUT2D eigenvalue weighted by Crippen LogP contribution is 2.44. The molecule has 5 nitrogen and oxygen atoms in total. The van der Waals surface area contributed by atoms with Gasteiger partial charge in [0.1, 0.15) is 24.6 Å². The van der Waals surface area contributed by atoms with Gasteiger partial charge in [-0.25, -0.2) is 9.18 Å². The van der Waals surface area contributed by atoms with E-state index < -0.39 is 18.3 Å². The largest absolute Gasteiger partial charge is 0.449 e. The summed E-state index contributed by atoms with van der Waals surface area (Å²) in [7, 11) is 0. The van der Waals surface area contributed by atoms with Crippen LogP contribution >= 0.6 is 0 Å². The van der Waals surface area contributed by atoms with Crippen LogP contribution in [-0.2, 0) is 4.74 Å². The van der Waals surface area contributed by atoms with Gasteiger partial charge >= 0.3 is 6.09 Å². The van der Waals surface area contributed by atoms with Gasteiger partial charge in [0.2, 0.25) is 0 Å². The molecule has 31 heavy (non-hydrogen) atoms. The Morgan fingerprint density at radius 1 is 1.03 bits per heavy atom. The molecule has 0 aliphatic heterocycles. The SMILES string of the molecule is Cc1cc(C(O)C(O)CNC(=O)OCC2c3ccccc3-c3ccccc32)ccc1F. The van der Waals surface area contributed by atoms with Crippen molar-refractivity contribution in [1.82, 2.24) is 5.32 Å². The number of hydrogen-bond acceptors (Lipinski definition) is 4. The highest BCUT2D eigenvalue weighted by molar-refractivity contribution is 5.79. The van der Waals surface area contributed by atoms with E-state index in [0.717, 1.165) is 22.3 Å². The Balaban J connectivity index is 1.34. The van der Waals surface area contributed by atoms with Gasteiger partial charge in [-0.15, -0.1) is 0 Å². The standard InChI is InChI=1S/C25H24FNO4/c1-15-12-16(10-11-22(15)26)24(29)23(28)13-27-25(30)31-14-21-19-8-4-2-6-17(19)18-7-3-5-9-20(18)21/h2-12,21,23-24,28-29H,13-14H2,1H3,(H,27,30). The second-order valence-corrected chi connectivity index (χ2v) is 7.73. The van der Waals surface area contributed by atoms with Crippen molar-refractivity contribution in [2.24, 2.45) is 0 Å². The number of amides is 1. The quantitative estimate of drug-likeness (QED) is 0.561. The van der Waals surface area contributed by atoms with Crippen LogP contribution in [0.5, 0.6) is 0 Å². The molecule has 0 saturated carbocycles. The molecular weight excluding hydrogens is 397 g/mol. The molecule has 0 spiro atoms. The maximum absolute atomic E-state index is 13.4. The Morgan fingerprint density at radius 2 is 1.65 bits per heavy atom. The first-order valence-electron chi connectivity index (χ1n) is 10.2. The third kappa shape index (κ3) is 4.31. The second kappa shape index (κ2) is 8.88. The van der Waals surface area contributed by atoms with Crippen LogP contribution in [0, 0.1) is 12.7 Å². The Labute approximate surface area is 180 Å². The zero-order chi connectivity index (χ0) is 22.0. The van der Waals surface area contributed by atoms with Crippen molar-refractivity contribution in [2.45, 2.75) is 25.0 Å². The zero-order valence-corrected chi connectivity index (χ0v) is 17.1. The van der Waals surface area contributed by atoms with Gasteiger partial charge in [-0.2, -0.15) is 0 Å². The normalized spacial score (nSPS) is 14.5. The average molecular weight is 421 g/mol. The molecule has 0 bridgehead atoms. The number of aliphatic hydroxyl groups is 2. The molecule has 2 atom stereocenters. The van der Waals surface area contributed by atoms with Gasteiger partial charge in [0.05, 0.1) is 0 Å². The summed E-state index contributed by atoms with van der Waals surface area (Å²) >= 11 is 0. The summed E-state index contributed by atoms with van der Waals surface area (Å²) in [5.41, 5.74) is 5.24. The number of hydrogen-bond donors (Lipinski definition) is 3. The smallest absolute Gasteiger partial charge is 0.407 e. The Bertz CT molecular complexity index is 1050. The Hall–Kier alpha value is -3.22. The molecule has 4 rings (SSSR count). The number of nitrogens with one attached hydrogen (secondary N) is 1. The third-order valence-corrected chi connectivity index (χ3v) is 5.69. The molecular formula is C25H24FNO4. The van der Waals surface area contributed by atoms with E-state index in [2.05, 4.69) is 17.4 Å². The molecule has 1 aliphatic rings. The Kier molecular flexibility index (Phi) is 6.02. The summed E-state index contributed by atoms with van der Waals surface area (Å²) < 4.78 is 18.8. The molecule has 0 fully saturated rings. The number of rotatable bonds is 6. The lowest BCUT2D eigenvalue weighted by molar-refractivity contribution is 0.0185. The van der Waals surface area contributed by atoms with Crippen molar-refractivity contribution in [1.29, 1.82) is 0 Å². The molecule has 0 aromatic heterocycles. The van der Waals surface area contributed by atoms with Crippen molar-refractivity contribution in [3.63, 3.8) is 0 Å². The van der Waals surface area contributed by atoms with Crippen LogP contribution in [0.4, 0.5) is 9.18 Å². The molecule has 3 aromatic carbocycles. The van der Waals surface area contributed by atoms with Crippen molar-refractivity contribution < 1.29 is 24.1 Å². The summed E-state index contributed by atoms with van der Waals surface area (Å²) in [4.78, 5) is 12.2. The molecule has 0 radical (unpaired) electrons. The Morgan fingerprint density at radius 3 is 2.26 bits per heavy atom. The minimum atomic E-state index is -1.26. The molecule has 3 N–H and O–H groups in total. The van der Waals surface area contributed by atoms with E-state index in [9.17, 15) is 19.4 Å². The van der Waals surface area contributed by atoms with Gasteiger partial charge in [-0.3, -0.25) is 0 Å². The average Bonchev–Trinajstić information content (AvgIpc) is 3.11. The zero-order valence-electron chi connectivity index (χ0n) is 17.1. The van der Waals surface area contributed by atoms with Crippen molar-refractivity contribution >= 4 is 6.09 Å². The van der Waals surface area contributed by atoms with Crippen molar-refractivity contribution in [3.05, 3.63) is 94.8 Å². The number of benzene rings is 3. The van der Waals surface area contributed by atoms with Crippen LogP contribution in [0.2, 0.25) is 0 Å². The molecule has 3 aromatic rings. The van der Waals surface area contributed by atoms with Crippen LogP contribution in [0.15, 0.2) is 66.7 Å². The molecule has 160 valence electrons. The van der Waals surface area contributed by atoms with Crippen LogP contribution in [0.1, 0.15) is 34.3 Å². The van der Waals surface area contributed by atoms with E-state index in [1.54, 1.807) is 6.92 Å². The number of alkyl carbamates (subject to hydrolysis) is 1. The number of ether oxygens (including phenoxy) is 1. The summed E-state index contributed by atoms with van der Waals surface area (Å²) in [6, 6.07) is 20.2. The third-order valence-electron chi connectivity index (χ3n) is 5.69. The van der Waals surface area contributed by atoms with Gasteiger partial charge in [-0.1, -0.05) is 60.7 Å². The minimum Gasteiger partial charge on any atom is -0.449 e. The van der Waals surface area contributed by atoms with E-state index in [-0.39, 0.29) is 24.9 Å². The first-order valence-corrected chi connectivity index (χ1v) is 10.2. The number of carbonyl (C=O) groups excluding carboxylic acids is 1. The first-order chi connectivity index (χ1) is 15.0. The topological polar surface area (TPSA) is 78.8 Å². The van der Waals surface area contributed by atoms with Gasteiger partial charge in [-0.05, 0) is 46.4 Å². The van der Waals surface area contributed by atoms with Crippen molar-refractivity contribution in [3.8, 4) is 11.1 Å². The number of fused-ring (bicyclic) bond motifs is 3. The van der Waals surface area contributed by atoms with Crippen LogP contribution in [0.3, 0.4) is 0 Å². The predicted molar refractivity (Wildman–Crippen MR) is 115 cm³/mol. The van der Waals surface area contributed by atoms with Gasteiger partial charge in [0.15, 0.2) is 0 Å². The van der Waals surface area contributed by atoms with E-state index in [0.29, 0.717) is 11.1 Å². The molecule has 0 heterocycles. The molecule has 2 unspecified atom stereocenters. The molecule has 1 amide bonds. The highest BCUT2D eigenvalue weighted by Gasteiger charge is 2.29. The maximum atomic E-state index is 13.4. The lowest BCUT2D eigenvalue weighted by Gasteiger charge is -2.20. The van der Waals surface area contributed by atoms with Gasteiger partial charge < -0.3 is 20.3 Å². The minimum absolute atomic E-state index is 0.0594. The van der Waals surface area contributed by atoms with Gasteiger partial charge in [0.25, 0.3) is 0 Å². The number of halogens is 1. The summed E-state index contributed by atoms with van der Waals surface area (Å²) in [6.45, 7) is 1.54. The van der Waals surface area contributed by atoms with Crippen LogP contribution < -0.4 is 5.32 Å². The fraction of sp³-hybridized carbons (Fsp3) is 0.240. The van der Waals surface area contributed by atoms with Gasteiger partial charge in [0, 0.05) is 12.5 Å². The van der Waals surface area contributed by atoms with Crippen LogP contribution in [-0.4, -0.2) is 35.6 Å². The number of aliphatic hydroxyl groups excluding tert-OH is 2. The summed E-state index contributed by atoms with van der Waals surface area (Å²) in [6.07, 6.45) is -3.19. The number of aryl methyl sites for hydroxylation is 1. The van der Waals surface area contributed by atoms with Crippen molar-refractivity contribution in [2.75, 3.05) is 13.2 Å². The lowest BCUT2D eigenvalue weighted by atomic mass is 9.98. The summed E-state index contributed by atoms with van der Waals surface area (Å²) in [5, 5.41) is 23.0. The molecule has 1 aliphatic carbocycles. The van der Waals surface area contributed by atoms with E-state index >= 15 is 0 Å². The van der Waals surface area contributed by atoms with E-state index in [4.69, 9.17) is 4.74 Å². The highest BCUT2D eigenvalue weighted by atomic mass is 19.1.